The van der Waals surface area contributed by atoms with E-state index in [0.717, 1.165) is 47.4 Å². The van der Waals surface area contributed by atoms with Gasteiger partial charge < -0.3 is 20.3 Å². The molecule has 6 nitrogen and oxygen atoms in total. The summed E-state index contributed by atoms with van der Waals surface area (Å²) in [5.41, 5.74) is 8.14. The van der Waals surface area contributed by atoms with Gasteiger partial charge in [0.05, 0.1) is 12.3 Å². The van der Waals surface area contributed by atoms with Crippen LogP contribution in [0, 0.1) is 0 Å². The average Bonchev–Trinajstić information content (AvgIpc) is 3.05. The third-order valence-electron chi connectivity index (χ3n) is 4.64. The third-order valence-corrected chi connectivity index (χ3v) is 4.64. The normalized spacial score (nSPS) is 15.0. The summed E-state index contributed by atoms with van der Waals surface area (Å²) in [6.07, 6.45) is 5.05. The predicted octanol–water partition coefficient (Wildman–Crippen LogP) is 2.62. The van der Waals surface area contributed by atoms with Crippen LogP contribution in [0.25, 0.3) is 0 Å². The smallest absolute Gasteiger partial charge is 0.423 e. The Kier molecular flexibility index (Phi) is 10.00. The SMILES string of the molecule is C=N/C=C(/C)C(=Nc1ccc2c(c1)COB2O)N(C)C(CC)CCC.CN. The van der Waals surface area contributed by atoms with E-state index in [1.54, 1.807) is 6.20 Å². The summed E-state index contributed by atoms with van der Waals surface area (Å²) in [4.78, 5) is 11.0. The lowest BCUT2D eigenvalue weighted by Gasteiger charge is -2.30. The van der Waals surface area contributed by atoms with Gasteiger partial charge in [0.1, 0.15) is 5.84 Å². The Morgan fingerprint density at radius 1 is 1.44 bits per heavy atom. The zero-order valence-electron chi connectivity index (χ0n) is 17.3. The van der Waals surface area contributed by atoms with Gasteiger partial charge in [-0.3, -0.25) is 4.99 Å². The lowest BCUT2D eigenvalue weighted by atomic mass is 9.79. The number of nitrogens with two attached hydrogens (primary N) is 1. The highest BCUT2D eigenvalue weighted by Gasteiger charge is 2.27. The number of aliphatic imine (C=N–C) groups is 2. The largest absolute Gasteiger partial charge is 0.491 e. The maximum Gasteiger partial charge on any atom is 0.491 e. The minimum Gasteiger partial charge on any atom is -0.423 e. The van der Waals surface area contributed by atoms with Gasteiger partial charge in [-0.15, -0.1) is 0 Å². The molecule has 0 fully saturated rings. The Hall–Kier alpha value is -1.96. The highest BCUT2D eigenvalue weighted by atomic mass is 16.5. The molecule has 1 aromatic carbocycles. The van der Waals surface area contributed by atoms with Gasteiger partial charge in [0.25, 0.3) is 0 Å². The molecule has 1 atom stereocenters. The summed E-state index contributed by atoms with van der Waals surface area (Å²) in [6, 6.07) is 6.21. The topological polar surface area (TPSA) is 83.4 Å². The second-order valence-electron chi connectivity index (χ2n) is 6.44. The number of rotatable bonds is 7. The maximum atomic E-state index is 9.77. The average molecular weight is 372 g/mol. The van der Waals surface area contributed by atoms with Crippen LogP contribution < -0.4 is 11.2 Å². The predicted molar refractivity (Wildman–Crippen MR) is 116 cm³/mol. The van der Waals surface area contributed by atoms with Crippen molar-refractivity contribution in [2.45, 2.75) is 52.7 Å². The summed E-state index contributed by atoms with van der Waals surface area (Å²) in [5.74, 6) is 0.895. The molecule has 1 unspecified atom stereocenters. The monoisotopic (exact) mass is 372 g/mol. The molecular formula is C20H33BN4O2. The van der Waals surface area contributed by atoms with Crippen LogP contribution >= 0.6 is 0 Å². The van der Waals surface area contributed by atoms with Crippen LogP contribution in [0.15, 0.2) is 40.0 Å². The van der Waals surface area contributed by atoms with Gasteiger partial charge in [0.2, 0.25) is 0 Å². The third kappa shape index (κ3) is 6.02. The maximum absolute atomic E-state index is 9.77. The van der Waals surface area contributed by atoms with E-state index in [2.05, 4.69) is 43.2 Å². The number of hydrogen-bond donors (Lipinski definition) is 2. The minimum atomic E-state index is -0.823. The lowest BCUT2D eigenvalue weighted by Crippen LogP contribution is -2.37. The number of nitrogens with zero attached hydrogens (tertiary/aromatic N) is 3. The summed E-state index contributed by atoms with van der Waals surface area (Å²) in [5, 5.41) is 9.77. The van der Waals surface area contributed by atoms with Crippen LogP contribution in [-0.2, 0) is 11.3 Å². The molecular weight excluding hydrogens is 339 g/mol. The Labute approximate surface area is 164 Å². The van der Waals surface area contributed by atoms with Gasteiger partial charge in [-0.25, -0.2) is 4.99 Å². The molecule has 1 aromatic rings. The fourth-order valence-corrected chi connectivity index (χ4v) is 3.23. The Morgan fingerprint density at radius 3 is 2.74 bits per heavy atom. The van der Waals surface area contributed by atoms with Crippen molar-refractivity contribution in [3.63, 3.8) is 0 Å². The van der Waals surface area contributed by atoms with Gasteiger partial charge in [0.15, 0.2) is 0 Å². The van der Waals surface area contributed by atoms with Crippen molar-refractivity contribution in [2.24, 2.45) is 15.7 Å². The van der Waals surface area contributed by atoms with Crippen molar-refractivity contribution in [3.05, 3.63) is 35.5 Å². The van der Waals surface area contributed by atoms with E-state index in [1.165, 1.54) is 7.05 Å². The molecule has 1 heterocycles. The van der Waals surface area contributed by atoms with Gasteiger partial charge in [-0.2, -0.15) is 0 Å². The Morgan fingerprint density at radius 2 is 2.15 bits per heavy atom. The van der Waals surface area contributed by atoms with Crippen molar-refractivity contribution in [3.8, 4) is 0 Å². The molecule has 0 aliphatic carbocycles. The molecule has 0 saturated heterocycles. The van der Waals surface area contributed by atoms with Crippen molar-refractivity contribution in [2.75, 3.05) is 14.1 Å². The van der Waals surface area contributed by atoms with E-state index < -0.39 is 7.12 Å². The first-order valence-corrected chi connectivity index (χ1v) is 9.46. The second kappa shape index (κ2) is 11.7. The zero-order valence-corrected chi connectivity index (χ0v) is 17.3. The van der Waals surface area contributed by atoms with E-state index in [-0.39, 0.29) is 0 Å². The highest BCUT2D eigenvalue weighted by molar-refractivity contribution is 6.61. The van der Waals surface area contributed by atoms with Gasteiger partial charge in [-0.05, 0) is 56.7 Å². The molecule has 148 valence electrons. The molecule has 7 heteroatoms. The molecule has 3 N–H and O–H groups in total. The molecule has 1 aliphatic heterocycles. The van der Waals surface area contributed by atoms with Gasteiger partial charge in [0, 0.05) is 24.9 Å². The number of hydrogen-bond acceptors (Lipinski definition) is 5. The standard InChI is InChI=1S/C19H28BN3O2.CH5N/c1-6-8-17(7-2)23(5)19(14(3)12-21-4)22-16-9-10-18-15(11-16)13-25-20(18)24;1-2/h9-12,17,24H,4,6-8,13H2,1-3,5H3;2H2,1H3/b14-12-,22-19?;. The van der Waals surface area contributed by atoms with E-state index in [9.17, 15) is 5.02 Å². The second-order valence-corrected chi connectivity index (χ2v) is 6.44. The van der Waals surface area contributed by atoms with Crippen LogP contribution in [0.4, 0.5) is 5.69 Å². The summed E-state index contributed by atoms with van der Waals surface area (Å²) >= 11 is 0. The number of benzene rings is 1. The lowest BCUT2D eigenvalue weighted by molar-refractivity contribution is 0.275. The van der Waals surface area contributed by atoms with Crippen LogP contribution in [0.5, 0.6) is 0 Å². The quantitative estimate of drug-likeness (QED) is 0.438. The molecule has 0 bridgehead atoms. The molecule has 2 rings (SSSR count). The molecule has 0 spiro atoms. The van der Waals surface area contributed by atoms with Crippen molar-refractivity contribution >= 4 is 30.8 Å². The van der Waals surface area contributed by atoms with Crippen LogP contribution in [0.2, 0.25) is 0 Å². The first-order valence-electron chi connectivity index (χ1n) is 9.46. The van der Waals surface area contributed by atoms with Crippen molar-refractivity contribution < 1.29 is 9.68 Å². The summed E-state index contributed by atoms with van der Waals surface area (Å²) < 4.78 is 5.27. The molecule has 0 aromatic heterocycles. The summed E-state index contributed by atoms with van der Waals surface area (Å²) in [6.45, 7) is 10.4. The first-order chi connectivity index (χ1) is 13.0. The fourth-order valence-electron chi connectivity index (χ4n) is 3.23. The van der Waals surface area contributed by atoms with Crippen LogP contribution in [0.3, 0.4) is 0 Å². The molecule has 0 saturated carbocycles. The van der Waals surface area contributed by atoms with E-state index in [0.29, 0.717) is 12.6 Å². The number of amidine groups is 1. The van der Waals surface area contributed by atoms with Crippen molar-refractivity contribution in [1.82, 2.24) is 4.90 Å². The molecule has 27 heavy (non-hydrogen) atoms. The van der Waals surface area contributed by atoms with Crippen molar-refractivity contribution in [1.29, 1.82) is 0 Å². The van der Waals surface area contributed by atoms with E-state index in [4.69, 9.17) is 9.65 Å². The first kappa shape index (κ1) is 23.1. The van der Waals surface area contributed by atoms with Crippen LogP contribution in [-0.4, -0.2) is 49.7 Å². The molecule has 0 amide bonds. The van der Waals surface area contributed by atoms with Gasteiger partial charge in [-0.1, -0.05) is 26.3 Å². The Balaban J connectivity index is 0.00000176. The Bertz CT molecular complexity index is 676. The zero-order chi connectivity index (χ0) is 20.4. The summed E-state index contributed by atoms with van der Waals surface area (Å²) in [7, 11) is 2.76. The highest BCUT2D eigenvalue weighted by Crippen LogP contribution is 2.21. The van der Waals surface area contributed by atoms with Crippen LogP contribution in [0.1, 0.15) is 45.6 Å². The fraction of sp³-hybridized carbons (Fsp3) is 0.500. The number of likely N-dealkylation sites (N-methyl/N-ethyl adjacent to an activating group) is 1. The molecule has 0 radical (unpaired) electrons. The molecule has 1 aliphatic rings. The van der Waals surface area contributed by atoms with E-state index in [1.807, 2.05) is 25.1 Å². The minimum absolute atomic E-state index is 0.418. The number of fused-ring (bicyclic) bond motifs is 1. The van der Waals surface area contributed by atoms with E-state index >= 15 is 0 Å². The van der Waals surface area contributed by atoms with Gasteiger partial charge >= 0.3 is 7.12 Å².